The number of nitrogens with one attached hydrogen (secondary N) is 1. The van der Waals surface area contributed by atoms with Crippen LogP contribution in [0.15, 0.2) is 54.6 Å². The highest BCUT2D eigenvalue weighted by molar-refractivity contribution is 7.81. The number of rotatable bonds is 3. The summed E-state index contributed by atoms with van der Waals surface area (Å²) in [5, 5.41) is 3.18. The van der Waals surface area contributed by atoms with E-state index in [2.05, 4.69) is 5.32 Å². The molecule has 1 N–H and O–H groups in total. The predicted molar refractivity (Wildman–Crippen MR) is 74.8 cm³/mol. The Morgan fingerprint density at radius 2 is 1.82 bits per heavy atom. The van der Waals surface area contributed by atoms with Crippen molar-refractivity contribution in [1.29, 1.82) is 0 Å². The molecule has 0 radical (unpaired) electrons. The van der Waals surface area contributed by atoms with E-state index in [9.17, 15) is 0 Å². The van der Waals surface area contributed by atoms with Gasteiger partial charge in [-0.2, -0.15) is 0 Å². The fourth-order valence-electron chi connectivity index (χ4n) is 1.49. The second kappa shape index (κ2) is 5.46. The quantitative estimate of drug-likeness (QED) is 0.834. The zero-order chi connectivity index (χ0) is 12.1. The van der Waals surface area contributed by atoms with Gasteiger partial charge in [0.1, 0.15) is 10.7 Å². The van der Waals surface area contributed by atoms with Crippen LogP contribution in [0.3, 0.4) is 0 Å². The van der Waals surface area contributed by atoms with Crippen molar-refractivity contribution in [2.45, 2.75) is 0 Å². The Morgan fingerprint density at radius 3 is 2.53 bits per heavy atom. The van der Waals surface area contributed by atoms with Crippen molar-refractivity contribution in [1.82, 2.24) is 0 Å². The number of ether oxygens (including phenoxy) is 1. The van der Waals surface area contributed by atoms with Gasteiger partial charge in [-0.3, -0.25) is 0 Å². The predicted octanol–water partition coefficient (Wildman–Crippen LogP) is 3.48. The third-order valence-corrected chi connectivity index (χ3v) is 2.70. The van der Waals surface area contributed by atoms with E-state index in [1.165, 1.54) is 0 Å². The minimum Gasteiger partial charge on any atom is -0.497 e. The van der Waals surface area contributed by atoms with Crippen LogP contribution in [0.5, 0.6) is 5.75 Å². The molecule has 0 atom stereocenters. The first-order chi connectivity index (χ1) is 8.29. The van der Waals surface area contributed by atoms with E-state index in [1.54, 1.807) is 7.11 Å². The van der Waals surface area contributed by atoms with Crippen molar-refractivity contribution < 1.29 is 4.74 Å². The first-order valence-electron chi connectivity index (χ1n) is 5.30. The van der Waals surface area contributed by atoms with E-state index >= 15 is 0 Å². The number of anilines is 1. The van der Waals surface area contributed by atoms with Gasteiger partial charge in [0.15, 0.2) is 0 Å². The minimum atomic E-state index is 0.707. The van der Waals surface area contributed by atoms with Gasteiger partial charge in [-0.05, 0) is 12.1 Å². The lowest BCUT2D eigenvalue weighted by atomic mass is 10.2. The van der Waals surface area contributed by atoms with Crippen LogP contribution < -0.4 is 10.1 Å². The van der Waals surface area contributed by atoms with Crippen LogP contribution in [0.2, 0.25) is 0 Å². The van der Waals surface area contributed by atoms with Crippen LogP contribution >= 0.6 is 12.2 Å². The molecule has 2 rings (SSSR count). The van der Waals surface area contributed by atoms with Crippen molar-refractivity contribution in [3.05, 3.63) is 60.2 Å². The SMILES string of the molecule is COc1cccc(NC(=S)c2ccccc2)c1. The van der Waals surface area contributed by atoms with Crippen LogP contribution in [-0.2, 0) is 0 Å². The maximum Gasteiger partial charge on any atom is 0.120 e. The van der Waals surface area contributed by atoms with Crippen molar-refractivity contribution in [3.63, 3.8) is 0 Å². The standard InChI is InChI=1S/C14H13NOS/c1-16-13-9-5-8-12(10-13)15-14(17)11-6-3-2-4-7-11/h2-10H,1H3,(H,15,17). The monoisotopic (exact) mass is 243 g/mol. The van der Waals surface area contributed by atoms with E-state index < -0.39 is 0 Å². The lowest BCUT2D eigenvalue weighted by Crippen LogP contribution is -2.10. The van der Waals surface area contributed by atoms with Crippen molar-refractivity contribution in [3.8, 4) is 5.75 Å². The molecule has 0 saturated heterocycles. The van der Waals surface area contributed by atoms with E-state index in [-0.39, 0.29) is 0 Å². The molecule has 0 spiro atoms. The Kier molecular flexibility index (Phi) is 3.73. The van der Waals surface area contributed by atoms with Gasteiger partial charge in [0.05, 0.1) is 7.11 Å². The smallest absolute Gasteiger partial charge is 0.120 e. The van der Waals surface area contributed by atoms with Gasteiger partial charge in [0.2, 0.25) is 0 Å². The highest BCUT2D eigenvalue weighted by Crippen LogP contribution is 2.17. The third kappa shape index (κ3) is 3.04. The molecule has 0 aliphatic rings. The van der Waals surface area contributed by atoms with Crippen LogP contribution in [0.1, 0.15) is 5.56 Å². The Bertz CT molecular complexity index is 511. The summed E-state index contributed by atoms with van der Waals surface area (Å²) in [6.45, 7) is 0. The van der Waals surface area contributed by atoms with Crippen LogP contribution in [-0.4, -0.2) is 12.1 Å². The average Bonchev–Trinajstić information content (AvgIpc) is 2.40. The maximum absolute atomic E-state index is 5.33. The molecule has 0 aromatic heterocycles. The fraction of sp³-hybridized carbons (Fsp3) is 0.0714. The molecular weight excluding hydrogens is 230 g/mol. The van der Waals surface area contributed by atoms with Crippen molar-refractivity contribution >= 4 is 22.9 Å². The van der Waals surface area contributed by atoms with Gasteiger partial charge in [0.25, 0.3) is 0 Å². The molecular formula is C14H13NOS. The normalized spacial score (nSPS) is 9.71. The zero-order valence-corrected chi connectivity index (χ0v) is 10.3. The Labute approximate surface area is 106 Å². The molecule has 86 valence electrons. The maximum atomic E-state index is 5.33. The molecule has 0 bridgehead atoms. The molecule has 2 aromatic rings. The second-order valence-corrected chi connectivity index (χ2v) is 3.96. The van der Waals surface area contributed by atoms with E-state index in [1.807, 2.05) is 54.6 Å². The van der Waals surface area contributed by atoms with Gasteiger partial charge >= 0.3 is 0 Å². The summed E-state index contributed by atoms with van der Waals surface area (Å²) in [4.78, 5) is 0.707. The van der Waals surface area contributed by atoms with Gasteiger partial charge in [0, 0.05) is 17.3 Å². The Hall–Kier alpha value is -1.87. The Balaban J connectivity index is 2.13. The number of thiocarbonyl (C=S) groups is 1. The summed E-state index contributed by atoms with van der Waals surface area (Å²) in [6.07, 6.45) is 0. The van der Waals surface area contributed by atoms with Crippen LogP contribution in [0, 0.1) is 0 Å². The van der Waals surface area contributed by atoms with Gasteiger partial charge in [-0.25, -0.2) is 0 Å². The van der Waals surface area contributed by atoms with Gasteiger partial charge < -0.3 is 10.1 Å². The first-order valence-corrected chi connectivity index (χ1v) is 5.71. The summed E-state index contributed by atoms with van der Waals surface area (Å²) >= 11 is 5.33. The highest BCUT2D eigenvalue weighted by Gasteiger charge is 2.01. The Morgan fingerprint density at radius 1 is 1.06 bits per heavy atom. The molecule has 0 heterocycles. The fourth-order valence-corrected chi connectivity index (χ4v) is 1.75. The number of benzene rings is 2. The van der Waals surface area contributed by atoms with Crippen molar-refractivity contribution in [2.75, 3.05) is 12.4 Å². The zero-order valence-electron chi connectivity index (χ0n) is 9.51. The number of hydrogen-bond acceptors (Lipinski definition) is 2. The topological polar surface area (TPSA) is 21.3 Å². The summed E-state index contributed by atoms with van der Waals surface area (Å²) in [5.74, 6) is 0.811. The van der Waals surface area contributed by atoms with E-state index in [0.29, 0.717) is 4.99 Å². The molecule has 0 fully saturated rings. The molecule has 0 amide bonds. The number of hydrogen-bond donors (Lipinski definition) is 1. The summed E-state index contributed by atoms with van der Waals surface area (Å²) in [7, 11) is 1.65. The van der Waals surface area contributed by atoms with Gasteiger partial charge in [-0.15, -0.1) is 0 Å². The summed E-state index contributed by atoms with van der Waals surface area (Å²) < 4.78 is 5.16. The molecule has 0 aliphatic carbocycles. The molecule has 0 unspecified atom stereocenters. The van der Waals surface area contributed by atoms with E-state index in [4.69, 9.17) is 17.0 Å². The molecule has 0 aliphatic heterocycles. The van der Waals surface area contributed by atoms with Crippen LogP contribution in [0.4, 0.5) is 5.69 Å². The van der Waals surface area contributed by atoms with Gasteiger partial charge in [-0.1, -0.05) is 48.6 Å². The highest BCUT2D eigenvalue weighted by atomic mass is 32.1. The lowest BCUT2D eigenvalue weighted by molar-refractivity contribution is 0.415. The average molecular weight is 243 g/mol. The number of methoxy groups -OCH3 is 1. The first kappa shape index (κ1) is 11.6. The summed E-state index contributed by atoms with van der Waals surface area (Å²) in [5.41, 5.74) is 1.93. The molecule has 3 heteroatoms. The minimum absolute atomic E-state index is 0.707. The lowest BCUT2D eigenvalue weighted by Gasteiger charge is -2.09. The molecule has 2 aromatic carbocycles. The van der Waals surface area contributed by atoms with Crippen molar-refractivity contribution in [2.24, 2.45) is 0 Å². The molecule has 2 nitrogen and oxygen atoms in total. The molecule has 17 heavy (non-hydrogen) atoms. The largest absolute Gasteiger partial charge is 0.497 e. The summed E-state index contributed by atoms with van der Waals surface area (Å²) in [6, 6.07) is 17.6. The third-order valence-electron chi connectivity index (χ3n) is 2.36. The van der Waals surface area contributed by atoms with E-state index in [0.717, 1.165) is 17.0 Å². The van der Waals surface area contributed by atoms with Crippen LogP contribution in [0.25, 0.3) is 0 Å². The second-order valence-electron chi connectivity index (χ2n) is 3.55. The molecule has 0 saturated carbocycles.